The zero-order valence-corrected chi connectivity index (χ0v) is 12.1. The number of nitrogens with zero attached hydrogens (tertiary/aromatic N) is 1. The highest BCUT2D eigenvalue weighted by atomic mass is 16.3. The second-order valence-corrected chi connectivity index (χ2v) is 6.86. The van der Waals surface area contributed by atoms with Gasteiger partial charge < -0.3 is 10.8 Å². The molecule has 3 nitrogen and oxygen atoms in total. The van der Waals surface area contributed by atoms with Crippen LogP contribution < -0.4 is 5.73 Å². The molecular weight excluding hydrogens is 224 g/mol. The molecule has 1 saturated carbocycles. The molecule has 0 aromatic rings. The van der Waals surface area contributed by atoms with Gasteiger partial charge in [-0.05, 0) is 58.4 Å². The second-order valence-electron chi connectivity index (χ2n) is 6.86. The van der Waals surface area contributed by atoms with Crippen LogP contribution in [0.3, 0.4) is 0 Å². The van der Waals surface area contributed by atoms with Crippen LogP contribution in [0.4, 0.5) is 0 Å². The molecule has 0 aromatic carbocycles. The molecule has 0 spiro atoms. The van der Waals surface area contributed by atoms with Crippen LogP contribution in [0, 0.1) is 5.92 Å². The largest absolute Gasteiger partial charge is 0.394 e. The standard InChI is InChI=1S/C15H30N2O/c1-12(10-15(2,16)11-18)17-9-5-7-13-6-3-4-8-14(13)17/h12-14,18H,3-11,16H2,1-2H3. The Bertz CT molecular complexity index is 265. The molecule has 18 heavy (non-hydrogen) atoms. The zero-order chi connectivity index (χ0) is 13.2. The molecule has 3 heteroatoms. The van der Waals surface area contributed by atoms with E-state index in [4.69, 9.17) is 5.73 Å². The summed E-state index contributed by atoms with van der Waals surface area (Å²) in [6.45, 7) is 5.56. The van der Waals surface area contributed by atoms with E-state index in [2.05, 4.69) is 11.8 Å². The molecule has 0 aromatic heterocycles. The fourth-order valence-corrected chi connectivity index (χ4v) is 4.07. The Morgan fingerprint density at radius 2 is 1.94 bits per heavy atom. The molecular formula is C15H30N2O. The van der Waals surface area contributed by atoms with Crippen LogP contribution in [0.5, 0.6) is 0 Å². The summed E-state index contributed by atoms with van der Waals surface area (Å²) in [5.41, 5.74) is 5.69. The average Bonchev–Trinajstić information content (AvgIpc) is 2.37. The first-order chi connectivity index (χ1) is 8.53. The van der Waals surface area contributed by atoms with Crippen LogP contribution >= 0.6 is 0 Å². The second kappa shape index (κ2) is 5.89. The van der Waals surface area contributed by atoms with Gasteiger partial charge in [-0.2, -0.15) is 0 Å². The van der Waals surface area contributed by atoms with Crippen molar-refractivity contribution in [3.05, 3.63) is 0 Å². The lowest BCUT2D eigenvalue weighted by Crippen LogP contribution is -2.54. The number of fused-ring (bicyclic) bond motifs is 1. The summed E-state index contributed by atoms with van der Waals surface area (Å²) in [5, 5.41) is 9.33. The Labute approximate surface area is 112 Å². The number of likely N-dealkylation sites (tertiary alicyclic amines) is 1. The summed E-state index contributed by atoms with van der Waals surface area (Å²) in [5.74, 6) is 0.924. The van der Waals surface area contributed by atoms with E-state index in [1.807, 2.05) is 6.92 Å². The zero-order valence-electron chi connectivity index (χ0n) is 12.1. The van der Waals surface area contributed by atoms with Gasteiger partial charge in [0.1, 0.15) is 0 Å². The van der Waals surface area contributed by atoms with Crippen molar-refractivity contribution in [2.24, 2.45) is 11.7 Å². The maximum Gasteiger partial charge on any atom is 0.0609 e. The number of aliphatic hydroxyl groups is 1. The number of nitrogens with two attached hydrogens (primary N) is 1. The first-order valence-corrected chi connectivity index (χ1v) is 7.69. The minimum absolute atomic E-state index is 0.0826. The Balaban J connectivity index is 1.97. The van der Waals surface area contributed by atoms with Crippen molar-refractivity contribution < 1.29 is 5.11 Å². The van der Waals surface area contributed by atoms with E-state index < -0.39 is 5.54 Å². The van der Waals surface area contributed by atoms with Gasteiger partial charge in [-0.3, -0.25) is 4.90 Å². The van der Waals surface area contributed by atoms with Gasteiger partial charge >= 0.3 is 0 Å². The molecule has 2 fully saturated rings. The third-order valence-electron chi connectivity index (χ3n) is 4.98. The van der Waals surface area contributed by atoms with Gasteiger partial charge in [-0.1, -0.05) is 12.8 Å². The minimum Gasteiger partial charge on any atom is -0.394 e. The van der Waals surface area contributed by atoms with Gasteiger partial charge in [0.15, 0.2) is 0 Å². The molecule has 4 atom stereocenters. The van der Waals surface area contributed by atoms with Gasteiger partial charge in [-0.25, -0.2) is 0 Å². The highest BCUT2D eigenvalue weighted by molar-refractivity contribution is 4.92. The summed E-state index contributed by atoms with van der Waals surface area (Å²) in [4.78, 5) is 2.69. The van der Waals surface area contributed by atoms with E-state index in [1.54, 1.807) is 0 Å². The van der Waals surface area contributed by atoms with E-state index in [0.29, 0.717) is 6.04 Å². The summed E-state index contributed by atoms with van der Waals surface area (Å²) in [6, 6.07) is 1.29. The molecule has 1 aliphatic carbocycles. The number of hydrogen-bond acceptors (Lipinski definition) is 3. The SMILES string of the molecule is CC(CC(C)(N)CO)N1CCCC2CCCCC21. The van der Waals surface area contributed by atoms with Gasteiger partial charge in [-0.15, -0.1) is 0 Å². The van der Waals surface area contributed by atoms with Crippen molar-refractivity contribution >= 4 is 0 Å². The molecule has 1 aliphatic heterocycles. The van der Waals surface area contributed by atoms with Gasteiger partial charge in [0.2, 0.25) is 0 Å². The number of piperidine rings is 1. The van der Waals surface area contributed by atoms with Crippen molar-refractivity contribution in [1.29, 1.82) is 0 Å². The average molecular weight is 254 g/mol. The van der Waals surface area contributed by atoms with Crippen LogP contribution in [-0.2, 0) is 0 Å². The Morgan fingerprint density at radius 1 is 1.28 bits per heavy atom. The Hall–Kier alpha value is -0.120. The Morgan fingerprint density at radius 3 is 2.67 bits per heavy atom. The highest BCUT2D eigenvalue weighted by Crippen LogP contribution is 2.37. The lowest BCUT2D eigenvalue weighted by Gasteiger charge is -2.48. The summed E-state index contributed by atoms with van der Waals surface area (Å²) in [6.07, 6.45) is 9.27. The maximum absolute atomic E-state index is 9.33. The molecule has 4 unspecified atom stereocenters. The van der Waals surface area contributed by atoms with E-state index in [9.17, 15) is 5.11 Å². The quantitative estimate of drug-likeness (QED) is 0.808. The third-order valence-corrected chi connectivity index (χ3v) is 4.98. The summed E-state index contributed by atoms with van der Waals surface area (Å²) in [7, 11) is 0. The van der Waals surface area contributed by atoms with Crippen LogP contribution in [-0.4, -0.2) is 40.8 Å². The minimum atomic E-state index is -0.430. The molecule has 1 heterocycles. The van der Waals surface area contributed by atoms with Crippen LogP contribution in [0.1, 0.15) is 58.8 Å². The molecule has 0 bridgehead atoms. The molecule has 106 valence electrons. The lowest BCUT2D eigenvalue weighted by molar-refractivity contribution is 0.0182. The van der Waals surface area contributed by atoms with Crippen molar-refractivity contribution in [3.8, 4) is 0 Å². The normalized spacial score (nSPS) is 34.7. The maximum atomic E-state index is 9.33. The van der Waals surface area contributed by atoms with Crippen molar-refractivity contribution in [3.63, 3.8) is 0 Å². The first kappa shape index (κ1) is 14.3. The fraction of sp³-hybridized carbons (Fsp3) is 1.00. The molecule has 3 N–H and O–H groups in total. The van der Waals surface area contributed by atoms with Crippen LogP contribution in [0.15, 0.2) is 0 Å². The van der Waals surface area contributed by atoms with Gasteiger partial charge in [0.25, 0.3) is 0 Å². The summed E-state index contributed by atoms with van der Waals surface area (Å²) < 4.78 is 0. The first-order valence-electron chi connectivity index (χ1n) is 7.69. The number of rotatable bonds is 4. The predicted molar refractivity (Wildman–Crippen MR) is 75.4 cm³/mol. The monoisotopic (exact) mass is 254 g/mol. The smallest absolute Gasteiger partial charge is 0.0609 e. The molecule has 2 aliphatic rings. The van der Waals surface area contributed by atoms with E-state index >= 15 is 0 Å². The van der Waals surface area contributed by atoms with Crippen LogP contribution in [0.25, 0.3) is 0 Å². The van der Waals surface area contributed by atoms with Crippen molar-refractivity contribution in [1.82, 2.24) is 4.90 Å². The highest BCUT2D eigenvalue weighted by Gasteiger charge is 2.36. The van der Waals surface area contributed by atoms with Crippen LogP contribution in [0.2, 0.25) is 0 Å². The fourth-order valence-electron chi connectivity index (χ4n) is 4.07. The number of aliphatic hydroxyl groups excluding tert-OH is 1. The predicted octanol–water partition coefficient (Wildman–Crippen LogP) is 2.13. The number of hydrogen-bond donors (Lipinski definition) is 2. The Kier molecular flexibility index (Phi) is 4.68. The van der Waals surface area contributed by atoms with E-state index in [0.717, 1.165) is 18.4 Å². The van der Waals surface area contributed by atoms with Crippen molar-refractivity contribution in [2.75, 3.05) is 13.2 Å². The van der Waals surface area contributed by atoms with Gasteiger partial charge in [0, 0.05) is 17.6 Å². The van der Waals surface area contributed by atoms with E-state index in [1.165, 1.54) is 45.1 Å². The lowest BCUT2D eigenvalue weighted by atomic mass is 9.77. The molecule has 0 amide bonds. The molecule has 0 radical (unpaired) electrons. The topological polar surface area (TPSA) is 49.5 Å². The van der Waals surface area contributed by atoms with E-state index in [-0.39, 0.29) is 6.61 Å². The van der Waals surface area contributed by atoms with Crippen molar-refractivity contribution in [2.45, 2.75) is 76.4 Å². The van der Waals surface area contributed by atoms with Gasteiger partial charge in [0.05, 0.1) is 6.61 Å². The third kappa shape index (κ3) is 3.25. The molecule has 2 rings (SSSR count). The summed E-state index contributed by atoms with van der Waals surface area (Å²) >= 11 is 0. The molecule has 1 saturated heterocycles.